The Morgan fingerprint density at radius 2 is 1.73 bits per heavy atom. The van der Waals surface area contributed by atoms with Crippen molar-refractivity contribution in [1.29, 1.82) is 0 Å². The van der Waals surface area contributed by atoms with Crippen LogP contribution >= 0.6 is 11.3 Å². The zero-order valence-electron chi connectivity index (χ0n) is 23.3. The monoisotopic (exact) mass is 572 g/mol. The van der Waals surface area contributed by atoms with Gasteiger partial charge in [0.25, 0.3) is 5.78 Å². The van der Waals surface area contributed by atoms with Crippen LogP contribution in [0.5, 0.6) is 17.2 Å². The third-order valence-corrected chi connectivity index (χ3v) is 7.88. The summed E-state index contributed by atoms with van der Waals surface area (Å²) in [4.78, 5) is 33.3. The number of carbonyl (C=O) groups excluding carboxylic acids is 2. The number of fused-ring (bicyclic) bond motifs is 1. The number of nitrogens with zero attached hydrogens (tertiary/aromatic N) is 2. The van der Waals surface area contributed by atoms with E-state index in [9.17, 15) is 14.7 Å². The van der Waals surface area contributed by atoms with Crippen molar-refractivity contribution in [3.8, 4) is 17.2 Å². The normalized spacial score (nSPS) is 16.4. The summed E-state index contributed by atoms with van der Waals surface area (Å²) in [6, 6.07) is 18.6. The number of methoxy groups -OCH3 is 1. The number of thiazole rings is 1. The highest BCUT2D eigenvalue weighted by atomic mass is 32.1. The van der Waals surface area contributed by atoms with E-state index in [0.717, 1.165) is 24.0 Å². The molecule has 0 radical (unpaired) electrons. The predicted octanol–water partition coefficient (Wildman–Crippen LogP) is 6.90. The Kier molecular flexibility index (Phi) is 8.54. The van der Waals surface area contributed by atoms with E-state index in [1.54, 1.807) is 37.4 Å². The van der Waals surface area contributed by atoms with E-state index in [-0.39, 0.29) is 11.3 Å². The number of aromatic nitrogens is 1. The van der Waals surface area contributed by atoms with Crippen LogP contribution in [0, 0.1) is 0 Å². The molecule has 1 amide bonds. The van der Waals surface area contributed by atoms with Crippen molar-refractivity contribution in [1.82, 2.24) is 4.98 Å². The third-order valence-electron chi connectivity index (χ3n) is 6.86. The van der Waals surface area contributed by atoms with Crippen LogP contribution in [0.15, 0.2) is 72.3 Å². The van der Waals surface area contributed by atoms with Crippen LogP contribution < -0.4 is 19.1 Å². The average Bonchev–Trinajstić information content (AvgIpc) is 3.53. The molecule has 1 aliphatic rings. The Morgan fingerprint density at radius 1 is 0.951 bits per heavy atom. The largest absolute Gasteiger partial charge is 0.507 e. The summed E-state index contributed by atoms with van der Waals surface area (Å²) >= 11 is 1.28. The summed E-state index contributed by atoms with van der Waals surface area (Å²) in [5.41, 5.74) is 1.68. The number of unbranched alkanes of at least 4 members (excludes halogenated alkanes) is 2. The second kappa shape index (κ2) is 12.4. The highest BCUT2D eigenvalue weighted by Gasteiger charge is 2.48. The molecule has 1 unspecified atom stereocenters. The first-order chi connectivity index (χ1) is 19.9. The lowest BCUT2D eigenvalue weighted by atomic mass is 9.95. The minimum Gasteiger partial charge on any atom is -0.507 e. The molecule has 1 saturated heterocycles. The second-order valence-electron chi connectivity index (χ2n) is 9.58. The molecule has 1 aromatic heterocycles. The molecule has 8 nitrogen and oxygen atoms in total. The molecule has 5 rings (SSSR count). The number of Topliss-reactive ketones (excluding diaryl/α,β-unsaturated/α-hetero) is 1. The maximum Gasteiger partial charge on any atom is 0.301 e. The number of aliphatic hydroxyl groups is 1. The fourth-order valence-corrected chi connectivity index (χ4v) is 5.84. The Hall–Kier alpha value is -4.37. The van der Waals surface area contributed by atoms with Crippen LogP contribution in [-0.2, 0) is 9.59 Å². The zero-order chi connectivity index (χ0) is 28.9. The number of carbonyl (C=O) groups is 2. The number of hydrogen-bond donors (Lipinski definition) is 1. The molecule has 0 spiro atoms. The highest BCUT2D eigenvalue weighted by Crippen LogP contribution is 2.45. The fourth-order valence-electron chi connectivity index (χ4n) is 4.82. The van der Waals surface area contributed by atoms with Crippen molar-refractivity contribution in [2.24, 2.45) is 0 Å². The lowest BCUT2D eigenvalue weighted by molar-refractivity contribution is -0.132. The van der Waals surface area contributed by atoms with Crippen molar-refractivity contribution >= 4 is 44.1 Å². The molecule has 0 saturated carbocycles. The number of benzene rings is 3. The van der Waals surface area contributed by atoms with Gasteiger partial charge in [-0.3, -0.25) is 14.5 Å². The van der Waals surface area contributed by atoms with E-state index in [2.05, 4.69) is 11.9 Å². The van der Waals surface area contributed by atoms with E-state index in [0.29, 0.717) is 52.2 Å². The Bertz CT molecular complexity index is 1590. The van der Waals surface area contributed by atoms with E-state index < -0.39 is 17.7 Å². The summed E-state index contributed by atoms with van der Waals surface area (Å²) in [5, 5.41) is 11.8. The molecular weight excluding hydrogens is 540 g/mol. The maximum absolute atomic E-state index is 13.6. The minimum absolute atomic E-state index is 0.0147. The number of ether oxygens (including phenoxy) is 3. The van der Waals surface area contributed by atoms with Gasteiger partial charge in [0.2, 0.25) is 0 Å². The van der Waals surface area contributed by atoms with Crippen molar-refractivity contribution in [3.63, 3.8) is 0 Å². The predicted molar refractivity (Wildman–Crippen MR) is 160 cm³/mol. The third kappa shape index (κ3) is 5.76. The van der Waals surface area contributed by atoms with Crippen molar-refractivity contribution < 1.29 is 28.9 Å². The van der Waals surface area contributed by atoms with Crippen molar-refractivity contribution in [3.05, 3.63) is 83.4 Å². The lowest BCUT2D eigenvalue weighted by Gasteiger charge is -2.23. The summed E-state index contributed by atoms with van der Waals surface area (Å²) in [7, 11) is 1.58. The second-order valence-corrected chi connectivity index (χ2v) is 10.6. The quantitative estimate of drug-likeness (QED) is 0.0904. The standard InChI is InChI=1S/C32H32N2O6S/c1-4-6-7-17-40-24-10-8-9-21(18-24)28-27(29(35)20-11-13-22(14-12-20)39-5-2)30(36)31(37)34(28)32-33-25-16-15-23(38-3)19-26(25)41-32/h8-16,18-19,28,35H,4-7,17H2,1-3H3/b29-27+. The smallest absolute Gasteiger partial charge is 0.301 e. The molecule has 1 aliphatic heterocycles. The van der Waals surface area contributed by atoms with Gasteiger partial charge in [0.05, 0.1) is 42.2 Å². The number of hydrogen-bond acceptors (Lipinski definition) is 8. The van der Waals surface area contributed by atoms with Gasteiger partial charge in [0.1, 0.15) is 23.0 Å². The van der Waals surface area contributed by atoms with E-state index in [1.807, 2.05) is 43.3 Å². The number of amides is 1. The first-order valence-corrected chi connectivity index (χ1v) is 14.5. The molecule has 1 N–H and O–H groups in total. The molecule has 0 aliphatic carbocycles. The van der Waals surface area contributed by atoms with E-state index >= 15 is 0 Å². The average molecular weight is 573 g/mol. The molecule has 212 valence electrons. The topological polar surface area (TPSA) is 98.2 Å². The van der Waals surface area contributed by atoms with Crippen LogP contribution in [0.1, 0.15) is 50.3 Å². The highest BCUT2D eigenvalue weighted by molar-refractivity contribution is 7.22. The zero-order valence-corrected chi connectivity index (χ0v) is 24.1. The van der Waals surface area contributed by atoms with Gasteiger partial charge in [0.15, 0.2) is 5.13 Å². The van der Waals surface area contributed by atoms with Crippen molar-refractivity contribution in [2.75, 3.05) is 25.2 Å². The fraction of sp³-hybridized carbons (Fsp3) is 0.281. The van der Waals surface area contributed by atoms with Crippen LogP contribution in [0.25, 0.3) is 16.0 Å². The van der Waals surface area contributed by atoms with Gasteiger partial charge in [-0.2, -0.15) is 0 Å². The maximum atomic E-state index is 13.6. The SMILES string of the molecule is CCCCCOc1cccc(C2/C(=C(\O)c3ccc(OCC)cc3)C(=O)C(=O)N2c2nc3ccc(OC)cc3s2)c1. The van der Waals surface area contributed by atoms with Gasteiger partial charge in [-0.1, -0.05) is 43.2 Å². The first-order valence-electron chi connectivity index (χ1n) is 13.7. The Labute approximate surface area is 242 Å². The van der Waals surface area contributed by atoms with E-state index in [1.165, 1.54) is 16.2 Å². The van der Waals surface area contributed by atoms with Gasteiger partial charge in [-0.15, -0.1) is 0 Å². The van der Waals surface area contributed by atoms with Crippen LogP contribution in [0.3, 0.4) is 0 Å². The number of anilines is 1. The Morgan fingerprint density at radius 3 is 2.46 bits per heavy atom. The summed E-state index contributed by atoms with van der Waals surface area (Å²) in [5.74, 6) is 0.110. The minimum atomic E-state index is -0.914. The first kappa shape index (κ1) is 28.2. The lowest BCUT2D eigenvalue weighted by Crippen LogP contribution is -2.29. The molecule has 1 fully saturated rings. The van der Waals surface area contributed by atoms with Crippen LogP contribution in [0.2, 0.25) is 0 Å². The van der Waals surface area contributed by atoms with Gasteiger partial charge in [-0.05, 0) is 73.5 Å². The Balaban J connectivity index is 1.62. The summed E-state index contributed by atoms with van der Waals surface area (Å²) < 4.78 is 17.7. The molecule has 0 bridgehead atoms. The van der Waals surface area contributed by atoms with Gasteiger partial charge in [-0.25, -0.2) is 4.98 Å². The summed E-state index contributed by atoms with van der Waals surface area (Å²) in [6.45, 7) is 5.08. The molecule has 4 aromatic rings. The molecule has 9 heteroatoms. The molecule has 3 aromatic carbocycles. The molecule has 41 heavy (non-hydrogen) atoms. The van der Waals surface area contributed by atoms with E-state index in [4.69, 9.17) is 14.2 Å². The molecule has 1 atom stereocenters. The van der Waals surface area contributed by atoms with Gasteiger partial charge < -0.3 is 19.3 Å². The molecule has 2 heterocycles. The number of ketones is 1. The molecular formula is C32H32N2O6S. The van der Waals surface area contributed by atoms with Gasteiger partial charge in [0, 0.05) is 5.56 Å². The van der Waals surface area contributed by atoms with Crippen molar-refractivity contribution in [2.45, 2.75) is 39.2 Å². The van der Waals surface area contributed by atoms with Crippen LogP contribution in [0.4, 0.5) is 5.13 Å². The van der Waals surface area contributed by atoms with Crippen LogP contribution in [-0.4, -0.2) is 42.1 Å². The number of aliphatic hydroxyl groups excluding tert-OH is 1. The van der Waals surface area contributed by atoms with Gasteiger partial charge >= 0.3 is 5.91 Å². The summed E-state index contributed by atoms with van der Waals surface area (Å²) in [6.07, 6.45) is 3.06. The number of rotatable bonds is 11.